The first-order chi connectivity index (χ1) is 22.3. The van der Waals surface area contributed by atoms with Crippen LogP contribution in [0.4, 0.5) is 16.2 Å². The highest BCUT2D eigenvalue weighted by Gasteiger charge is 2.23. The molecule has 0 aliphatic carbocycles. The van der Waals surface area contributed by atoms with Gasteiger partial charge in [0, 0.05) is 42.3 Å². The average Bonchev–Trinajstić information content (AvgIpc) is 3.57. The molecule has 0 aliphatic heterocycles. The molecule has 0 fully saturated rings. The van der Waals surface area contributed by atoms with Gasteiger partial charge in [0.25, 0.3) is 5.56 Å². The van der Waals surface area contributed by atoms with Crippen molar-refractivity contribution in [1.82, 2.24) is 24.3 Å². The van der Waals surface area contributed by atoms with Gasteiger partial charge in [0.05, 0.1) is 6.61 Å². The van der Waals surface area contributed by atoms with Gasteiger partial charge >= 0.3 is 6.03 Å². The summed E-state index contributed by atoms with van der Waals surface area (Å²) in [6, 6.07) is 16.9. The summed E-state index contributed by atoms with van der Waals surface area (Å²) in [6.45, 7) is 13.7. The molecular formula is C36H41N7O3. The molecule has 10 heteroatoms. The Balaban J connectivity index is 1.55. The number of amides is 2. The van der Waals surface area contributed by atoms with E-state index in [-0.39, 0.29) is 23.1 Å². The van der Waals surface area contributed by atoms with E-state index in [9.17, 15) is 9.59 Å². The molecule has 0 spiro atoms. The van der Waals surface area contributed by atoms with Crippen molar-refractivity contribution in [2.45, 2.75) is 65.5 Å². The van der Waals surface area contributed by atoms with Gasteiger partial charge in [0.1, 0.15) is 29.7 Å². The van der Waals surface area contributed by atoms with E-state index < -0.39 is 6.03 Å². The van der Waals surface area contributed by atoms with E-state index in [1.807, 2.05) is 54.6 Å². The number of aryl methyl sites for hydroxylation is 2. The van der Waals surface area contributed by atoms with Crippen molar-refractivity contribution in [1.29, 1.82) is 0 Å². The number of urea groups is 1. The van der Waals surface area contributed by atoms with Crippen molar-refractivity contribution >= 4 is 28.4 Å². The van der Waals surface area contributed by atoms with Crippen LogP contribution in [0.2, 0.25) is 0 Å². The Bertz CT molecular complexity index is 1850. The van der Waals surface area contributed by atoms with Crippen molar-refractivity contribution in [2.75, 3.05) is 17.2 Å². The molecule has 5 rings (SSSR count). The third kappa shape index (κ3) is 7.17. The molecule has 0 unspecified atom stereocenters. The number of hydrogen-bond donors (Lipinski definition) is 2. The number of fused-ring (bicyclic) bond motifs is 1. The van der Waals surface area contributed by atoms with Gasteiger partial charge in [-0.2, -0.15) is 5.10 Å². The van der Waals surface area contributed by atoms with Crippen LogP contribution in [-0.4, -0.2) is 37.0 Å². The standard InChI is InChI=1S/C36H41N7O3/c1-6-7-19-43-34-30(16-10-17-38-34)31(26-12-8-13-27(21-26)46-20-11-18-42-23-37-22-39-42)33(35(43)44)41-36(45)40-32-28(24(2)3)14-9-15-29(32)25(4)5/h6,8-10,12-17,21-25H,1,7,11,18-20H2,2-5H3,(H2,40,41,45). The van der Waals surface area contributed by atoms with Crippen molar-refractivity contribution < 1.29 is 9.53 Å². The second kappa shape index (κ2) is 14.7. The lowest BCUT2D eigenvalue weighted by Gasteiger charge is -2.22. The van der Waals surface area contributed by atoms with Crippen molar-refractivity contribution in [2.24, 2.45) is 0 Å². The van der Waals surface area contributed by atoms with Crippen LogP contribution >= 0.6 is 0 Å². The number of rotatable bonds is 13. The monoisotopic (exact) mass is 619 g/mol. The number of benzene rings is 2. The van der Waals surface area contributed by atoms with E-state index >= 15 is 0 Å². The molecule has 0 saturated heterocycles. The van der Waals surface area contributed by atoms with Crippen molar-refractivity contribution in [3.8, 4) is 16.9 Å². The molecule has 2 N–H and O–H groups in total. The zero-order chi connectivity index (χ0) is 32.6. The van der Waals surface area contributed by atoms with Crippen molar-refractivity contribution in [3.63, 3.8) is 0 Å². The van der Waals surface area contributed by atoms with E-state index in [1.54, 1.807) is 27.8 Å². The fourth-order valence-corrected chi connectivity index (χ4v) is 5.58. The Morgan fingerprint density at radius 2 is 1.72 bits per heavy atom. The summed E-state index contributed by atoms with van der Waals surface area (Å²) in [5, 5.41) is 10.9. The third-order valence-corrected chi connectivity index (χ3v) is 7.82. The highest BCUT2D eigenvalue weighted by molar-refractivity contribution is 6.07. The predicted octanol–water partition coefficient (Wildman–Crippen LogP) is 7.59. The third-order valence-electron chi connectivity index (χ3n) is 7.82. The topological polar surface area (TPSA) is 116 Å². The first-order valence-corrected chi connectivity index (χ1v) is 15.7. The van der Waals surface area contributed by atoms with Crippen LogP contribution in [0.3, 0.4) is 0 Å². The number of anilines is 2. The molecule has 10 nitrogen and oxygen atoms in total. The lowest BCUT2D eigenvalue weighted by molar-refractivity contribution is 0.262. The minimum Gasteiger partial charge on any atom is -0.494 e. The Hall–Kier alpha value is -5.25. The fourth-order valence-electron chi connectivity index (χ4n) is 5.58. The minimum absolute atomic E-state index is 0.165. The molecule has 46 heavy (non-hydrogen) atoms. The molecule has 0 aliphatic rings. The Kier molecular flexibility index (Phi) is 10.3. The van der Waals surface area contributed by atoms with Crippen LogP contribution in [0.15, 0.2) is 90.9 Å². The van der Waals surface area contributed by atoms with Crippen LogP contribution in [0.1, 0.15) is 63.5 Å². The smallest absolute Gasteiger partial charge is 0.323 e. The van der Waals surface area contributed by atoms with Gasteiger partial charge in [-0.3, -0.25) is 14.0 Å². The lowest BCUT2D eigenvalue weighted by atomic mass is 9.93. The first kappa shape index (κ1) is 32.2. The maximum Gasteiger partial charge on any atom is 0.323 e. The van der Waals surface area contributed by atoms with Gasteiger partial charge in [-0.25, -0.2) is 14.8 Å². The number of aromatic nitrogens is 5. The second-order valence-electron chi connectivity index (χ2n) is 11.7. The Labute approximate surface area is 269 Å². The van der Waals surface area contributed by atoms with Gasteiger partial charge in [-0.15, -0.1) is 6.58 Å². The van der Waals surface area contributed by atoms with Crippen molar-refractivity contribution in [3.05, 3.63) is 108 Å². The molecule has 0 atom stereocenters. The zero-order valence-electron chi connectivity index (χ0n) is 26.9. The normalized spacial score (nSPS) is 11.3. The quantitative estimate of drug-likeness (QED) is 0.104. The average molecular weight is 620 g/mol. The van der Waals surface area contributed by atoms with E-state index in [2.05, 4.69) is 60.0 Å². The van der Waals surface area contributed by atoms with Gasteiger partial charge in [0.2, 0.25) is 0 Å². The van der Waals surface area contributed by atoms with Gasteiger partial charge < -0.3 is 15.4 Å². The Morgan fingerprint density at radius 1 is 0.978 bits per heavy atom. The molecule has 238 valence electrons. The molecule has 2 amide bonds. The summed E-state index contributed by atoms with van der Waals surface area (Å²) >= 11 is 0. The van der Waals surface area contributed by atoms with E-state index in [4.69, 9.17) is 4.74 Å². The van der Waals surface area contributed by atoms with Crippen LogP contribution in [0.5, 0.6) is 5.75 Å². The predicted molar refractivity (Wildman–Crippen MR) is 184 cm³/mol. The highest BCUT2D eigenvalue weighted by Crippen LogP contribution is 2.36. The first-order valence-electron chi connectivity index (χ1n) is 15.7. The van der Waals surface area contributed by atoms with Crippen LogP contribution in [0, 0.1) is 0 Å². The number of pyridine rings is 2. The van der Waals surface area contributed by atoms with Crippen LogP contribution in [-0.2, 0) is 13.1 Å². The number of carbonyl (C=O) groups excluding carboxylic acids is 1. The molecule has 3 aromatic heterocycles. The summed E-state index contributed by atoms with van der Waals surface area (Å²) < 4.78 is 9.44. The summed E-state index contributed by atoms with van der Waals surface area (Å²) in [5.74, 6) is 1.02. The molecule has 0 saturated carbocycles. The molecular weight excluding hydrogens is 578 g/mol. The maximum atomic E-state index is 14.2. The number of carbonyl (C=O) groups is 1. The SMILES string of the molecule is C=CCCn1c(=O)c(NC(=O)Nc2c(C(C)C)cccc2C(C)C)c(-c2cccc(OCCCn3cncn3)c2)c2cccnc21. The summed E-state index contributed by atoms with van der Waals surface area (Å²) in [7, 11) is 0. The van der Waals surface area contributed by atoms with Gasteiger partial charge in [-0.1, -0.05) is 64.1 Å². The maximum absolute atomic E-state index is 14.2. The molecule has 0 radical (unpaired) electrons. The zero-order valence-corrected chi connectivity index (χ0v) is 26.9. The van der Waals surface area contributed by atoms with E-state index in [0.29, 0.717) is 43.1 Å². The van der Waals surface area contributed by atoms with Gasteiger partial charge in [0.15, 0.2) is 0 Å². The fraction of sp³-hybridized carbons (Fsp3) is 0.306. The number of hydrogen-bond acceptors (Lipinski definition) is 6. The minimum atomic E-state index is -0.493. The number of allylic oxidation sites excluding steroid dienone is 1. The molecule has 3 heterocycles. The van der Waals surface area contributed by atoms with Crippen LogP contribution < -0.4 is 20.9 Å². The molecule has 2 aromatic carbocycles. The molecule has 5 aromatic rings. The van der Waals surface area contributed by atoms with Gasteiger partial charge in [-0.05, 0) is 59.2 Å². The number of nitrogens with zero attached hydrogens (tertiary/aromatic N) is 5. The largest absolute Gasteiger partial charge is 0.494 e. The summed E-state index contributed by atoms with van der Waals surface area (Å²) in [5.41, 5.74) is 4.47. The number of ether oxygens (including phenoxy) is 1. The second-order valence-corrected chi connectivity index (χ2v) is 11.7. The van der Waals surface area contributed by atoms with E-state index in [0.717, 1.165) is 34.2 Å². The summed E-state index contributed by atoms with van der Waals surface area (Å²) in [4.78, 5) is 36.6. The number of para-hydroxylation sites is 1. The van der Waals surface area contributed by atoms with Crippen LogP contribution in [0.25, 0.3) is 22.2 Å². The summed E-state index contributed by atoms with van der Waals surface area (Å²) in [6.07, 6.45) is 7.91. The highest BCUT2D eigenvalue weighted by atomic mass is 16.5. The lowest BCUT2D eigenvalue weighted by Crippen LogP contribution is -2.30. The Morgan fingerprint density at radius 3 is 2.41 bits per heavy atom. The number of nitrogens with one attached hydrogen (secondary N) is 2. The molecule has 0 bridgehead atoms. The van der Waals surface area contributed by atoms with E-state index in [1.165, 1.54) is 6.33 Å².